The van der Waals surface area contributed by atoms with E-state index in [0.29, 0.717) is 17.3 Å². The fourth-order valence-corrected chi connectivity index (χ4v) is 3.21. The normalized spacial score (nSPS) is 16.5. The van der Waals surface area contributed by atoms with Gasteiger partial charge in [0.05, 0.1) is 0 Å². The van der Waals surface area contributed by atoms with Crippen molar-refractivity contribution in [3.05, 3.63) is 58.9 Å². The van der Waals surface area contributed by atoms with Gasteiger partial charge in [0, 0.05) is 43.4 Å². The van der Waals surface area contributed by atoms with Crippen LogP contribution in [0.1, 0.15) is 5.56 Å². The largest absolute Gasteiger partial charge is 0.491 e. The minimum atomic E-state index is -0.552. The molecule has 1 fully saturated rings. The van der Waals surface area contributed by atoms with Gasteiger partial charge in [-0.15, -0.1) is 0 Å². The summed E-state index contributed by atoms with van der Waals surface area (Å²) in [7, 11) is 0. The SMILES string of the molecule is Cc1cc(OCC(O)CN2CCN(c3ccc(F)cc3)CC2)ccc1Cl. The Morgan fingerprint density at radius 2 is 1.81 bits per heavy atom. The molecule has 2 aromatic rings. The molecule has 26 heavy (non-hydrogen) atoms. The highest BCUT2D eigenvalue weighted by Crippen LogP contribution is 2.21. The van der Waals surface area contributed by atoms with E-state index in [1.807, 2.05) is 31.2 Å². The lowest BCUT2D eigenvalue weighted by Gasteiger charge is -2.36. The maximum atomic E-state index is 13.0. The van der Waals surface area contributed by atoms with Gasteiger partial charge in [-0.1, -0.05) is 11.6 Å². The van der Waals surface area contributed by atoms with Crippen molar-refractivity contribution in [2.45, 2.75) is 13.0 Å². The van der Waals surface area contributed by atoms with Crippen molar-refractivity contribution in [1.29, 1.82) is 0 Å². The topological polar surface area (TPSA) is 35.9 Å². The van der Waals surface area contributed by atoms with Crippen LogP contribution in [0.15, 0.2) is 42.5 Å². The quantitative estimate of drug-likeness (QED) is 0.836. The Kier molecular flexibility index (Phi) is 6.35. The molecule has 0 bridgehead atoms. The van der Waals surface area contributed by atoms with Crippen molar-refractivity contribution < 1.29 is 14.2 Å². The summed E-state index contributed by atoms with van der Waals surface area (Å²) in [6.07, 6.45) is -0.552. The average molecular weight is 379 g/mol. The van der Waals surface area contributed by atoms with Gasteiger partial charge >= 0.3 is 0 Å². The van der Waals surface area contributed by atoms with Crippen LogP contribution >= 0.6 is 11.6 Å². The van der Waals surface area contributed by atoms with E-state index in [0.717, 1.165) is 37.4 Å². The molecule has 1 saturated heterocycles. The zero-order valence-corrected chi connectivity index (χ0v) is 15.6. The molecule has 6 heteroatoms. The zero-order valence-electron chi connectivity index (χ0n) is 14.9. The van der Waals surface area contributed by atoms with Gasteiger partial charge in [0.25, 0.3) is 0 Å². The number of aryl methyl sites for hydroxylation is 1. The van der Waals surface area contributed by atoms with Crippen LogP contribution in [0.25, 0.3) is 0 Å². The summed E-state index contributed by atoms with van der Waals surface area (Å²) < 4.78 is 18.7. The van der Waals surface area contributed by atoms with E-state index in [9.17, 15) is 9.50 Å². The van der Waals surface area contributed by atoms with Crippen LogP contribution in [-0.4, -0.2) is 55.4 Å². The number of benzene rings is 2. The molecule has 1 N–H and O–H groups in total. The summed E-state index contributed by atoms with van der Waals surface area (Å²) in [4.78, 5) is 4.45. The van der Waals surface area contributed by atoms with E-state index in [4.69, 9.17) is 16.3 Å². The Hall–Kier alpha value is -1.82. The fourth-order valence-electron chi connectivity index (χ4n) is 3.09. The van der Waals surface area contributed by atoms with Crippen molar-refractivity contribution in [3.63, 3.8) is 0 Å². The zero-order chi connectivity index (χ0) is 18.5. The fraction of sp³-hybridized carbons (Fsp3) is 0.400. The molecule has 4 nitrogen and oxygen atoms in total. The summed E-state index contributed by atoms with van der Waals surface area (Å²) in [5.41, 5.74) is 1.99. The number of aliphatic hydroxyl groups excluding tert-OH is 1. The second-order valence-electron chi connectivity index (χ2n) is 6.64. The number of hydrogen-bond acceptors (Lipinski definition) is 4. The third-order valence-electron chi connectivity index (χ3n) is 4.60. The van der Waals surface area contributed by atoms with Crippen molar-refractivity contribution in [2.24, 2.45) is 0 Å². The maximum Gasteiger partial charge on any atom is 0.123 e. The molecule has 0 aromatic heterocycles. The molecule has 140 valence electrons. The molecule has 1 unspecified atom stereocenters. The number of nitrogens with zero attached hydrogens (tertiary/aromatic N) is 2. The predicted molar refractivity (Wildman–Crippen MR) is 103 cm³/mol. The number of β-amino-alcohol motifs (C(OH)–C–C–N with tert-alkyl or cyclic N) is 1. The molecule has 1 atom stereocenters. The van der Waals surface area contributed by atoms with E-state index in [1.54, 1.807) is 6.07 Å². The standard InChI is InChI=1S/C20H24ClFN2O2/c1-15-12-19(6-7-20(15)21)26-14-18(25)13-23-8-10-24(11-9-23)17-4-2-16(22)3-5-17/h2-7,12,18,25H,8-11,13-14H2,1H3. The molecule has 3 rings (SSSR count). The molecule has 0 saturated carbocycles. The van der Waals surface area contributed by atoms with Crippen LogP contribution in [0.3, 0.4) is 0 Å². The molecule has 1 aliphatic heterocycles. The highest BCUT2D eigenvalue weighted by atomic mass is 35.5. The van der Waals surface area contributed by atoms with Gasteiger partial charge < -0.3 is 14.7 Å². The third-order valence-corrected chi connectivity index (χ3v) is 5.03. The monoisotopic (exact) mass is 378 g/mol. The van der Waals surface area contributed by atoms with E-state index in [-0.39, 0.29) is 12.4 Å². The van der Waals surface area contributed by atoms with Gasteiger partial charge in [-0.05, 0) is 55.0 Å². The first-order chi connectivity index (χ1) is 12.5. The lowest BCUT2D eigenvalue weighted by atomic mass is 10.2. The third kappa shape index (κ3) is 5.10. The van der Waals surface area contributed by atoms with Gasteiger partial charge in [-0.25, -0.2) is 4.39 Å². The molecular formula is C20H24ClFN2O2. The lowest BCUT2D eigenvalue weighted by molar-refractivity contribution is 0.0663. The second-order valence-corrected chi connectivity index (χ2v) is 7.05. The lowest BCUT2D eigenvalue weighted by Crippen LogP contribution is -2.49. The van der Waals surface area contributed by atoms with Crippen LogP contribution in [-0.2, 0) is 0 Å². The van der Waals surface area contributed by atoms with E-state index in [1.165, 1.54) is 12.1 Å². The summed E-state index contributed by atoms with van der Waals surface area (Å²) in [6, 6.07) is 12.1. The van der Waals surface area contributed by atoms with Gasteiger partial charge in [0.15, 0.2) is 0 Å². The number of aliphatic hydroxyl groups is 1. The number of hydrogen-bond donors (Lipinski definition) is 1. The summed E-state index contributed by atoms with van der Waals surface area (Å²) in [6.45, 7) is 6.17. The smallest absolute Gasteiger partial charge is 0.123 e. The van der Waals surface area contributed by atoms with Crippen LogP contribution < -0.4 is 9.64 Å². The summed E-state index contributed by atoms with van der Waals surface area (Å²) in [5.74, 6) is 0.499. The van der Waals surface area contributed by atoms with Crippen LogP contribution in [0.5, 0.6) is 5.75 Å². The van der Waals surface area contributed by atoms with E-state index in [2.05, 4.69) is 9.80 Å². The first kappa shape index (κ1) is 19.0. The molecule has 2 aromatic carbocycles. The van der Waals surface area contributed by atoms with Gasteiger partial charge in [-0.2, -0.15) is 0 Å². The molecular weight excluding hydrogens is 355 g/mol. The molecule has 1 heterocycles. The highest BCUT2D eigenvalue weighted by Gasteiger charge is 2.19. The second kappa shape index (κ2) is 8.71. The number of rotatable bonds is 6. The number of ether oxygens (including phenoxy) is 1. The van der Waals surface area contributed by atoms with Gasteiger partial charge in [-0.3, -0.25) is 4.90 Å². The number of halogens is 2. The number of piperazine rings is 1. The van der Waals surface area contributed by atoms with Crippen molar-refractivity contribution in [2.75, 3.05) is 44.2 Å². The Morgan fingerprint density at radius 1 is 1.12 bits per heavy atom. The highest BCUT2D eigenvalue weighted by molar-refractivity contribution is 6.31. The average Bonchev–Trinajstić information content (AvgIpc) is 2.64. The van der Waals surface area contributed by atoms with E-state index >= 15 is 0 Å². The minimum Gasteiger partial charge on any atom is -0.491 e. The van der Waals surface area contributed by atoms with Crippen LogP contribution in [0, 0.1) is 12.7 Å². The van der Waals surface area contributed by atoms with Gasteiger partial charge in [0.2, 0.25) is 0 Å². The first-order valence-electron chi connectivity index (χ1n) is 8.81. The van der Waals surface area contributed by atoms with Crippen molar-refractivity contribution in [3.8, 4) is 5.75 Å². The summed E-state index contributed by atoms with van der Waals surface area (Å²) in [5, 5.41) is 11.0. The molecule has 0 radical (unpaired) electrons. The van der Waals surface area contributed by atoms with Crippen molar-refractivity contribution >= 4 is 17.3 Å². The van der Waals surface area contributed by atoms with Crippen LogP contribution in [0.4, 0.5) is 10.1 Å². The summed E-state index contributed by atoms with van der Waals surface area (Å²) >= 11 is 6.00. The predicted octanol–water partition coefficient (Wildman–Crippen LogP) is 3.35. The number of anilines is 1. The maximum absolute atomic E-state index is 13.0. The van der Waals surface area contributed by atoms with Crippen LogP contribution in [0.2, 0.25) is 5.02 Å². The Balaban J connectivity index is 1.42. The molecule has 0 spiro atoms. The Morgan fingerprint density at radius 3 is 2.46 bits per heavy atom. The van der Waals surface area contributed by atoms with Gasteiger partial charge in [0.1, 0.15) is 24.3 Å². The van der Waals surface area contributed by atoms with E-state index < -0.39 is 6.10 Å². The molecule has 0 aliphatic carbocycles. The first-order valence-corrected chi connectivity index (χ1v) is 9.19. The Bertz CT molecular complexity index is 718. The molecule has 1 aliphatic rings. The minimum absolute atomic E-state index is 0.216. The Labute approximate surface area is 158 Å². The van der Waals surface area contributed by atoms with Crippen molar-refractivity contribution in [1.82, 2.24) is 4.90 Å². The molecule has 0 amide bonds.